The van der Waals surface area contributed by atoms with Crippen LogP contribution in [0.4, 0.5) is 0 Å². The molecule has 0 aromatic heterocycles. The number of ether oxygens (including phenoxy) is 2. The molecular weight excluding hydrogens is 314 g/mol. The van der Waals surface area contributed by atoms with Gasteiger partial charge in [0.05, 0.1) is 18.6 Å². The van der Waals surface area contributed by atoms with Gasteiger partial charge in [0.1, 0.15) is 6.10 Å². The Labute approximate surface area is 130 Å². The molecule has 1 fully saturated rings. The zero-order chi connectivity index (χ0) is 15.6. The molecule has 0 aliphatic carbocycles. The van der Waals surface area contributed by atoms with Crippen LogP contribution >= 0.6 is 11.6 Å². The molecule has 118 valence electrons. The normalized spacial score (nSPS) is 22.0. The van der Waals surface area contributed by atoms with Gasteiger partial charge in [-0.3, -0.25) is 0 Å². The molecule has 7 heteroatoms. The van der Waals surface area contributed by atoms with E-state index in [1.165, 1.54) is 7.11 Å². The van der Waals surface area contributed by atoms with Gasteiger partial charge in [0.2, 0.25) is 0 Å². The van der Waals surface area contributed by atoms with Crippen molar-refractivity contribution in [1.29, 1.82) is 0 Å². The Morgan fingerprint density at radius 2 is 2.19 bits per heavy atom. The van der Waals surface area contributed by atoms with E-state index in [9.17, 15) is 8.42 Å². The zero-order valence-electron chi connectivity index (χ0n) is 12.1. The molecule has 2 unspecified atom stereocenters. The van der Waals surface area contributed by atoms with Gasteiger partial charge in [-0.25, -0.2) is 8.42 Å². The molecule has 0 saturated carbocycles. The first kappa shape index (κ1) is 16.4. The van der Waals surface area contributed by atoms with Crippen molar-refractivity contribution < 1.29 is 17.9 Å². The molecule has 0 spiro atoms. The number of sulfone groups is 1. The highest BCUT2D eigenvalue weighted by molar-refractivity contribution is 7.91. The Kier molecular flexibility index (Phi) is 5.01. The van der Waals surface area contributed by atoms with Crippen LogP contribution in [0.3, 0.4) is 0 Å². The average Bonchev–Trinajstić information content (AvgIpc) is 2.71. The molecule has 5 nitrogen and oxygen atoms in total. The predicted molar refractivity (Wildman–Crippen MR) is 83.0 cm³/mol. The zero-order valence-corrected chi connectivity index (χ0v) is 13.7. The lowest BCUT2D eigenvalue weighted by atomic mass is 10.1. The Morgan fingerprint density at radius 1 is 1.48 bits per heavy atom. The maximum Gasteiger partial charge on any atom is 0.164 e. The van der Waals surface area contributed by atoms with E-state index in [2.05, 4.69) is 0 Å². The standard InChI is InChI=1S/C14H20ClNO4S/c1-9(16)5-10-6-11(15)7-13(19-2)14(10)20-12-3-4-21(17,18)8-12/h6-7,9,12H,3-5,8,16H2,1-2H3. The van der Waals surface area contributed by atoms with Crippen LogP contribution in [0.25, 0.3) is 0 Å². The molecule has 0 bridgehead atoms. The van der Waals surface area contributed by atoms with Crippen molar-refractivity contribution in [3.8, 4) is 11.5 Å². The number of nitrogens with two attached hydrogens (primary N) is 1. The van der Waals surface area contributed by atoms with Crippen molar-refractivity contribution in [1.82, 2.24) is 0 Å². The molecular formula is C14H20ClNO4S. The SMILES string of the molecule is COc1cc(Cl)cc(CC(C)N)c1OC1CCS(=O)(=O)C1. The third kappa shape index (κ3) is 4.25. The molecule has 1 heterocycles. The Hall–Kier alpha value is -0.980. The second kappa shape index (κ2) is 6.42. The second-order valence-electron chi connectivity index (χ2n) is 5.42. The highest BCUT2D eigenvalue weighted by Crippen LogP contribution is 2.37. The van der Waals surface area contributed by atoms with Crippen molar-refractivity contribution in [3.05, 3.63) is 22.7 Å². The monoisotopic (exact) mass is 333 g/mol. The summed E-state index contributed by atoms with van der Waals surface area (Å²) >= 11 is 6.07. The first-order valence-electron chi connectivity index (χ1n) is 6.80. The Balaban J connectivity index is 2.31. The van der Waals surface area contributed by atoms with E-state index in [4.69, 9.17) is 26.8 Å². The van der Waals surface area contributed by atoms with Gasteiger partial charge in [-0.1, -0.05) is 11.6 Å². The minimum absolute atomic E-state index is 0.0381. The molecule has 1 aliphatic heterocycles. The highest BCUT2D eigenvalue weighted by Gasteiger charge is 2.30. The van der Waals surface area contributed by atoms with Gasteiger partial charge >= 0.3 is 0 Å². The first-order chi connectivity index (χ1) is 9.80. The topological polar surface area (TPSA) is 78.6 Å². The summed E-state index contributed by atoms with van der Waals surface area (Å²) in [7, 11) is -1.47. The van der Waals surface area contributed by atoms with Crippen molar-refractivity contribution in [3.63, 3.8) is 0 Å². The van der Waals surface area contributed by atoms with Crippen molar-refractivity contribution in [2.75, 3.05) is 18.6 Å². The van der Waals surface area contributed by atoms with E-state index in [1.54, 1.807) is 12.1 Å². The molecule has 21 heavy (non-hydrogen) atoms. The number of halogens is 1. The van der Waals surface area contributed by atoms with Crippen molar-refractivity contribution in [2.45, 2.75) is 31.9 Å². The smallest absolute Gasteiger partial charge is 0.164 e. The summed E-state index contributed by atoms with van der Waals surface area (Å²) in [5.41, 5.74) is 6.68. The lowest BCUT2D eigenvalue weighted by Gasteiger charge is -2.20. The molecule has 0 amide bonds. The second-order valence-corrected chi connectivity index (χ2v) is 8.09. The largest absolute Gasteiger partial charge is 0.493 e. The number of hydrogen-bond donors (Lipinski definition) is 1. The van der Waals surface area contributed by atoms with Gasteiger partial charge in [-0.05, 0) is 25.8 Å². The summed E-state index contributed by atoms with van der Waals surface area (Å²) in [5.74, 6) is 1.25. The van der Waals surface area contributed by atoms with E-state index < -0.39 is 9.84 Å². The van der Waals surface area contributed by atoms with Crippen LogP contribution in [-0.4, -0.2) is 39.2 Å². The molecule has 2 N–H and O–H groups in total. The van der Waals surface area contributed by atoms with Crippen LogP contribution in [0.5, 0.6) is 11.5 Å². The fraction of sp³-hybridized carbons (Fsp3) is 0.571. The minimum Gasteiger partial charge on any atom is -0.493 e. The maximum atomic E-state index is 11.6. The van der Waals surface area contributed by atoms with Crippen molar-refractivity contribution in [2.24, 2.45) is 5.73 Å². The Morgan fingerprint density at radius 3 is 2.71 bits per heavy atom. The summed E-state index contributed by atoms with van der Waals surface area (Å²) in [6, 6.07) is 3.37. The number of methoxy groups -OCH3 is 1. The highest BCUT2D eigenvalue weighted by atomic mass is 35.5. The van der Waals surface area contributed by atoms with Gasteiger partial charge in [0.15, 0.2) is 21.3 Å². The van der Waals surface area contributed by atoms with Gasteiger partial charge in [0, 0.05) is 22.7 Å². The third-order valence-electron chi connectivity index (χ3n) is 3.33. The van der Waals surface area contributed by atoms with Gasteiger partial charge in [-0.2, -0.15) is 0 Å². The molecule has 1 aromatic rings. The molecule has 0 radical (unpaired) electrons. The van der Waals surface area contributed by atoms with Crippen LogP contribution in [0.15, 0.2) is 12.1 Å². The number of rotatable bonds is 5. The van der Waals surface area contributed by atoms with Gasteiger partial charge < -0.3 is 15.2 Å². The van der Waals surface area contributed by atoms with Crippen LogP contribution in [0.1, 0.15) is 18.9 Å². The van der Waals surface area contributed by atoms with E-state index in [1.807, 2.05) is 6.92 Å². The molecule has 2 atom stereocenters. The third-order valence-corrected chi connectivity index (χ3v) is 5.29. The Bertz CT molecular complexity index is 616. The predicted octanol–water partition coefficient (Wildman–Crippen LogP) is 1.80. The lowest BCUT2D eigenvalue weighted by Crippen LogP contribution is -2.22. The van der Waals surface area contributed by atoms with E-state index in [-0.39, 0.29) is 23.7 Å². The van der Waals surface area contributed by atoms with Crippen LogP contribution in [0.2, 0.25) is 5.02 Å². The summed E-state index contributed by atoms with van der Waals surface area (Å²) in [5, 5.41) is 0.536. The minimum atomic E-state index is -3.00. The molecule has 2 rings (SSSR count). The van der Waals surface area contributed by atoms with Crippen LogP contribution in [0, 0.1) is 0 Å². The van der Waals surface area contributed by atoms with E-state index >= 15 is 0 Å². The van der Waals surface area contributed by atoms with E-state index in [0.717, 1.165) is 5.56 Å². The molecule has 1 aromatic carbocycles. The van der Waals surface area contributed by atoms with Gasteiger partial charge in [0.25, 0.3) is 0 Å². The quantitative estimate of drug-likeness (QED) is 0.889. The summed E-state index contributed by atoms with van der Waals surface area (Å²) in [6.07, 6.45) is 0.717. The molecule has 1 saturated heterocycles. The summed E-state index contributed by atoms with van der Waals surface area (Å²) < 4.78 is 34.3. The number of benzene rings is 1. The fourth-order valence-electron chi connectivity index (χ4n) is 2.43. The summed E-state index contributed by atoms with van der Waals surface area (Å²) in [4.78, 5) is 0. The van der Waals surface area contributed by atoms with Crippen LogP contribution < -0.4 is 15.2 Å². The fourth-order valence-corrected chi connectivity index (χ4v) is 4.25. The summed E-state index contributed by atoms with van der Waals surface area (Å²) in [6.45, 7) is 1.89. The van der Waals surface area contributed by atoms with Crippen molar-refractivity contribution >= 4 is 21.4 Å². The maximum absolute atomic E-state index is 11.6. The lowest BCUT2D eigenvalue weighted by molar-refractivity contribution is 0.215. The first-order valence-corrected chi connectivity index (χ1v) is 8.99. The van der Waals surface area contributed by atoms with E-state index in [0.29, 0.717) is 29.4 Å². The van der Waals surface area contributed by atoms with Gasteiger partial charge in [-0.15, -0.1) is 0 Å². The average molecular weight is 334 g/mol. The number of hydrogen-bond acceptors (Lipinski definition) is 5. The van der Waals surface area contributed by atoms with Crippen LogP contribution in [-0.2, 0) is 16.3 Å². The molecule has 1 aliphatic rings.